The van der Waals surface area contributed by atoms with Crippen molar-refractivity contribution in [3.8, 4) is 0 Å². The van der Waals surface area contributed by atoms with E-state index in [0.29, 0.717) is 49.4 Å². The van der Waals surface area contributed by atoms with Crippen LogP contribution in [0.4, 0.5) is 0 Å². The Bertz CT molecular complexity index is 2510. The Hall–Kier alpha value is -4.30. The van der Waals surface area contributed by atoms with Crippen LogP contribution in [0.15, 0.2) is 36.4 Å². The fourth-order valence-corrected chi connectivity index (χ4v) is 14.7. The van der Waals surface area contributed by atoms with Crippen LogP contribution >= 0.6 is 22.6 Å². The molecule has 12 aliphatic rings. The molecule has 10 atom stereocenters. The Morgan fingerprint density at radius 2 is 0.951 bits per heavy atom. The van der Waals surface area contributed by atoms with E-state index in [9.17, 15) is 33.9 Å². The summed E-state index contributed by atoms with van der Waals surface area (Å²) in [7, 11) is 0. The second kappa shape index (κ2) is 32.1. The van der Waals surface area contributed by atoms with Crippen LogP contribution in [0, 0.1) is 3.57 Å². The quantitative estimate of drug-likeness (QED) is 0.163. The Morgan fingerprint density at radius 1 is 0.531 bits per heavy atom. The van der Waals surface area contributed by atoms with Crippen LogP contribution < -0.4 is 10.6 Å². The normalized spacial score (nSPS) is 31.3. The standard InChI is InChI=1S/C21H25N3O3.C13H11IN2O3.C8H15NO.2C8H15N.CH2O2.2OS/c25-19-6-5-18(20(26)22-19)24-12-15-10-13(3-4-17(15)21(24)27)14-7-9-23-8-1-2-16(23)11-14;14-8-1-2-9-7(5-8)6-16(13(9)19)10-3-4-11(17)15-12(10)18;10-8-3-5-9-4-1-2-7(9)6-8;2*1-2-6-9-7-3-5-8(9)4-1;2-1-3;2*1-2/h3-4,10,14,16,18H,1-2,5-9,11-12H2,(H,22,25,26);1-2,5,10H,3-4,6H2,(H,15,17,18);7-8,10H,1-6H2;2*8H,1-7H2;1H,(H,2,3);;/i;;;2*1T;;;. The number of benzene rings is 2. The molecule has 0 aliphatic carbocycles. The number of imide groups is 2. The molecule has 0 radical (unpaired) electrons. The fraction of sp³-hybridized carbons (Fsp3) is 0.678. The Kier molecular flexibility index (Phi) is 24.3. The molecule has 444 valence electrons. The van der Waals surface area contributed by atoms with Gasteiger partial charge >= 0.3 is 0 Å². The molecule has 12 heterocycles. The average Bonchev–Trinajstić information content (AvgIpc) is 4.58. The Labute approximate surface area is 504 Å². The smallest absolute Gasteiger partial charge is 0.290 e. The van der Waals surface area contributed by atoms with Gasteiger partial charge in [0.1, 0.15) is 12.1 Å². The molecule has 0 saturated carbocycles. The molecular weight excluding hydrogens is 1190 g/mol. The van der Waals surface area contributed by atoms with Crippen molar-refractivity contribution >= 4 is 89.6 Å². The van der Waals surface area contributed by atoms with Gasteiger partial charge in [-0.25, -0.2) is 0 Å². The summed E-state index contributed by atoms with van der Waals surface area (Å²) < 4.78 is 31.9. The Balaban J connectivity index is 0.000000154. The number of nitrogens with zero attached hydrogens (tertiary/aromatic N) is 6. The number of rotatable bonds is 3. The van der Waals surface area contributed by atoms with Crippen LogP contribution in [0.2, 0.25) is 0 Å². The number of hydrogen-bond donors (Lipinski definition) is 4. The lowest BCUT2D eigenvalue weighted by Crippen LogP contribution is -2.52. The molecule has 19 nitrogen and oxygen atoms in total. The minimum absolute atomic E-state index is 0.000602. The zero-order valence-electron chi connectivity index (χ0n) is 48.5. The molecule has 10 unspecified atom stereocenters. The predicted molar refractivity (Wildman–Crippen MR) is 316 cm³/mol. The zero-order chi connectivity index (χ0) is 59.7. The third-order valence-electron chi connectivity index (χ3n) is 18.2. The zero-order valence-corrected chi connectivity index (χ0v) is 50.3. The topological polar surface area (TPSA) is 238 Å². The molecule has 14 rings (SSSR count). The predicted octanol–water partition coefficient (Wildman–Crippen LogP) is 5.74. The second-order valence-corrected chi connectivity index (χ2v) is 24.2. The first kappa shape index (κ1) is 61.3. The lowest BCUT2D eigenvalue weighted by molar-refractivity contribution is -0.138. The van der Waals surface area contributed by atoms with Gasteiger partial charge in [0.05, 0.1) is 6.10 Å². The number of hydrogen-bond acceptors (Lipinski definition) is 16. The fourth-order valence-electron chi connectivity index (χ4n) is 14.2. The van der Waals surface area contributed by atoms with E-state index in [1.54, 1.807) is 15.9 Å². The molecule has 0 spiro atoms. The van der Waals surface area contributed by atoms with Gasteiger partial charge in [-0.3, -0.25) is 44.2 Å². The minimum atomic E-state index is -0.534. The molecule has 0 bridgehead atoms. The third-order valence-corrected chi connectivity index (χ3v) is 18.9. The van der Waals surface area contributed by atoms with Crippen molar-refractivity contribution in [2.24, 2.45) is 0 Å². The second-order valence-electron chi connectivity index (χ2n) is 23.0. The highest BCUT2D eigenvalue weighted by Crippen LogP contribution is 2.39. The molecule has 22 heteroatoms. The highest BCUT2D eigenvalue weighted by Gasteiger charge is 2.41. The summed E-state index contributed by atoms with van der Waals surface area (Å²) in [4.78, 5) is 93.5. The van der Waals surface area contributed by atoms with Crippen molar-refractivity contribution in [2.45, 2.75) is 203 Å². The number of aliphatic hydroxyl groups is 1. The van der Waals surface area contributed by atoms with Gasteiger partial charge in [0, 0.05) is 74.1 Å². The van der Waals surface area contributed by atoms with E-state index >= 15 is 0 Å². The number of aliphatic hydroxyl groups excluding tert-OH is 1. The minimum Gasteiger partial charge on any atom is -0.483 e. The summed E-state index contributed by atoms with van der Waals surface area (Å²) >= 11 is 7.86. The van der Waals surface area contributed by atoms with Gasteiger partial charge in [-0.1, -0.05) is 24.9 Å². The van der Waals surface area contributed by atoms with E-state index in [1.807, 2.05) is 18.2 Å². The number of piperidine rings is 6. The van der Waals surface area contributed by atoms with Crippen LogP contribution in [-0.4, -0.2) is 185 Å². The summed E-state index contributed by atoms with van der Waals surface area (Å²) in [6, 6.07) is 13.8. The number of carbonyl (C=O) groups is 7. The SMILES string of the molecule is O=C1CCC(N2Cc3cc(C4CCN5CCCC5C4)ccc3C2=O)C(=O)N1.O=C1CCC(N2Cc3cc(I)ccc3C2=O)C(=O)N1.O=CO.O=S.O=S.OC1CCN2CCCC2C1.[3H]C1CCN2CCCC2C1.[3H]C1CCN2CCCC2C1. The maximum absolute atomic E-state index is 12.8. The first-order valence-corrected chi connectivity index (χ1v) is 31.0. The molecule has 12 aliphatic heterocycles. The van der Waals surface area contributed by atoms with Crippen LogP contribution in [0.25, 0.3) is 0 Å². The largest absolute Gasteiger partial charge is 0.483 e. The van der Waals surface area contributed by atoms with E-state index in [2.05, 4.69) is 90.0 Å². The number of halogens is 1. The van der Waals surface area contributed by atoms with Crippen molar-refractivity contribution in [1.82, 2.24) is 40.0 Å². The highest BCUT2D eigenvalue weighted by molar-refractivity contribution is 14.1. The lowest BCUT2D eigenvalue weighted by Gasteiger charge is -2.35. The summed E-state index contributed by atoms with van der Waals surface area (Å²) in [6.45, 7) is 10.5. The van der Waals surface area contributed by atoms with Crippen LogP contribution in [0.3, 0.4) is 0 Å². The van der Waals surface area contributed by atoms with Gasteiger partial charge in [-0.05, 0) is 231 Å². The number of nitrogens with one attached hydrogen (secondary N) is 2. The van der Waals surface area contributed by atoms with Crippen molar-refractivity contribution in [3.05, 3.63) is 67.8 Å². The van der Waals surface area contributed by atoms with Gasteiger partial charge in [0.15, 0.2) is 25.1 Å². The highest BCUT2D eigenvalue weighted by atomic mass is 127. The number of carbonyl (C=O) groups excluding carboxylic acids is 6. The maximum Gasteiger partial charge on any atom is 0.290 e. The number of fused-ring (bicyclic) bond motifs is 6. The summed E-state index contributed by atoms with van der Waals surface area (Å²) in [5.74, 6) is -0.874. The van der Waals surface area contributed by atoms with E-state index in [1.165, 1.54) is 116 Å². The van der Waals surface area contributed by atoms with Crippen LogP contribution in [0.5, 0.6) is 0 Å². The molecule has 2 aromatic rings. The van der Waals surface area contributed by atoms with Gasteiger partial charge in [0.2, 0.25) is 23.6 Å². The average molecular weight is 1280 g/mol. The molecule has 10 fully saturated rings. The van der Waals surface area contributed by atoms with Gasteiger partial charge in [0.25, 0.3) is 18.3 Å². The number of amides is 6. The lowest BCUT2D eigenvalue weighted by atomic mass is 9.84. The first-order chi connectivity index (χ1) is 40.2. The van der Waals surface area contributed by atoms with Crippen molar-refractivity contribution in [1.29, 1.82) is 0 Å². The van der Waals surface area contributed by atoms with Gasteiger partial charge in [-0.2, -0.15) is 8.42 Å². The summed E-state index contributed by atoms with van der Waals surface area (Å²) in [5, 5.41) is 20.9. The molecule has 6 amide bonds. The first-order valence-electron chi connectivity index (χ1n) is 30.4. The molecule has 10 saturated heterocycles. The van der Waals surface area contributed by atoms with Crippen LogP contribution in [0.1, 0.15) is 187 Å². The molecule has 0 aromatic heterocycles. The van der Waals surface area contributed by atoms with Gasteiger partial charge in [-0.15, -0.1) is 0 Å². The summed E-state index contributed by atoms with van der Waals surface area (Å²) in [5.41, 5.74) is 4.67. The summed E-state index contributed by atoms with van der Waals surface area (Å²) in [6.07, 6.45) is 21.5. The third kappa shape index (κ3) is 17.0. The van der Waals surface area contributed by atoms with Crippen molar-refractivity contribution in [3.63, 3.8) is 0 Å². The van der Waals surface area contributed by atoms with E-state index in [0.717, 1.165) is 83.9 Å². The van der Waals surface area contributed by atoms with Crippen molar-refractivity contribution < 1.29 is 54.9 Å². The molecule has 2 aromatic carbocycles. The number of carboxylic acid groups (broad SMARTS) is 1. The monoisotopic (exact) mass is 1270 g/mol. The van der Waals surface area contributed by atoms with Crippen molar-refractivity contribution in [2.75, 3.05) is 52.4 Å². The van der Waals surface area contributed by atoms with Gasteiger partial charge < -0.3 is 39.6 Å². The van der Waals surface area contributed by atoms with E-state index < -0.39 is 12.1 Å². The molecule has 81 heavy (non-hydrogen) atoms. The van der Waals surface area contributed by atoms with E-state index in [4.69, 9.17) is 21.1 Å². The molecular formula is C59H83IN8O11S2. The molecule has 4 N–H and O–H groups in total. The van der Waals surface area contributed by atoms with E-state index in [-0.39, 0.29) is 67.2 Å². The van der Waals surface area contributed by atoms with Crippen LogP contribution in [-0.2, 0) is 62.1 Å². The maximum atomic E-state index is 12.8. The Morgan fingerprint density at radius 3 is 1.44 bits per heavy atom.